The van der Waals surface area contributed by atoms with Gasteiger partial charge in [-0.15, -0.1) is 0 Å². The molecule has 4 nitrogen and oxygen atoms in total. The molecule has 0 unspecified atom stereocenters. The van der Waals surface area contributed by atoms with Crippen molar-refractivity contribution < 1.29 is 9.21 Å². The third-order valence-corrected chi connectivity index (χ3v) is 2.85. The van der Waals surface area contributed by atoms with Gasteiger partial charge in [0.05, 0.1) is 22.5 Å². The van der Waals surface area contributed by atoms with E-state index in [1.165, 1.54) is 12.5 Å². The van der Waals surface area contributed by atoms with Crippen LogP contribution >= 0.6 is 23.8 Å². The number of anilines is 1. The van der Waals surface area contributed by atoms with Gasteiger partial charge in [-0.1, -0.05) is 29.9 Å². The van der Waals surface area contributed by atoms with Crippen LogP contribution < -0.4 is 11.1 Å². The first kappa shape index (κ1) is 12.6. The average molecular weight is 281 g/mol. The Bertz CT molecular complexity index is 596. The smallest absolute Gasteiger partial charge is 0.258 e. The van der Waals surface area contributed by atoms with E-state index in [2.05, 4.69) is 5.32 Å². The first-order chi connectivity index (χ1) is 8.58. The third kappa shape index (κ3) is 2.69. The van der Waals surface area contributed by atoms with Crippen molar-refractivity contribution in [1.82, 2.24) is 0 Å². The van der Waals surface area contributed by atoms with Gasteiger partial charge in [0.1, 0.15) is 11.3 Å². The van der Waals surface area contributed by atoms with Crippen molar-refractivity contribution in [2.24, 2.45) is 5.73 Å². The lowest BCUT2D eigenvalue weighted by molar-refractivity contribution is 0.102. The number of amides is 1. The van der Waals surface area contributed by atoms with E-state index in [0.717, 1.165) is 0 Å². The number of halogens is 1. The van der Waals surface area contributed by atoms with Crippen LogP contribution in [0.25, 0.3) is 0 Å². The lowest BCUT2D eigenvalue weighted by Gasteiger charge is -2.08. The molecule has 0 bridgehead atoms. The largest absolute Gasteiger partial charge is 0.472 e. The highest BCUT2D eigenvalue weighted by Crippen LogP contribution is 2.23. The second kappa shape index (κ2) is 5.20. The summed E-state index contributed by atoms with van der Waals surface area (Å²) in [6.07, 6.45) is 2.77. The quantitative estimate of drug-likeness (QED) is 0.849. The predicted molar refractivity (Wildman–Crippen MR) is 74.0 cm³/mol. The number of furan rings is 1. The van der Waals surface area contributed by atoms with Crippen LogP contribution in [0.1, 0.15) is 15.9 Å². The van der Waals surface area contributed by atoms with Gasteiger partial charge in [0.15, 0.2) is 0 Å². The van der Waals surface area contributed by atoms with Gasteiger partial charge in [0.25, 0.3) is 5.91 Å². The predicted octanol–water partition coefficient (Wildman–Crippen LogP) is 2.82. The van der Waals surface area contributed by atoms with E-state index < -0.39 is 0 Å². The Labute approximate surface area is 114 Å². The molecule has 0 spiro atoms. The van der Waals surface area contributed by atoms with Crippen LogP contribution in [0.15, 0.2) is 41.2 Å². The number of thiocarbonyl (C=S) groups is 1. The van der Waals surface area contributed by atoms with Crippen molar-refractivity contribution >= 4 is 40.4 Å². The van der Waals surface area contributed by atoms with E-state index in [0.29, 0.717) is 21.8 Å². The fourth-order valence-electron chi connectivity index (χ4n) is 1.36. The van der Waals surface area contributed by atoms with Crippen molar-refractivity contribution in [1.29, 1.82) is 0 Å². The van der Waals surface area contributed by atoms with E-state index >= 15 is 0 Å². The normalized spacial score (nSPS) is 10.1. The molecule has 1 amide bonds. The third-order valence-electron chi connectivity index (χ3n) is 2.28. The molecule has 18 heavy (non-hydrogen) atoms. The summed E-state index contributed by atoms with van der Waals surface area (Å²) in [6, 6.07) is 6.50. The molecule has 0 fully saturated rings. The monoisotopic (exact) mass is 280 g/mol. The van der Waals surface area contributed by atoms with Crippen molar-refractivity contribution in [3.63, 3.8) is 0 Å². The number of hydrogen-bond acceptors (Lipinski definition) is 3. The van der Waals surface area contributed by atoms with E-state index in [1.807, 2.05) is 0 Å². The van der Waals surface area contributed by atoms with Crippen LogP contribution in [0.2, 0.25) is 5.02 Å². The van der Waals surface area contributed by atoms with E-state index in [4.69, 9.17) is 34.0 Å². The van der Waals surface area contributed by atoms with Gasteiger partial charge >= 0.3 is 0 Å². The van der Waals surface area contributed by atoms with Crippen molar-refractivity contribution in [3.05, 3.63) is 52.9 Å². The zero-order chi connectivity index (χ0) is 13.1. The van der Waals surface area contributed by atoms with Gasteiger partial charge in [-0.2, -0.15) is 0 Å². The van der Waals surface area contributed by atoms with Gasteiger partial charge in [0, 0.05) is 5.56 Å². The Morgan fingerprint density at radius 3 is 2.72 bits per heavy atom. The molecule has 2 rings (SSSR count). The Hall–Kier alpha value is -1.85. The molecule has 0 aliphatic rings. The molecule has 1 heterocycles. The number of rotatable bonds is 3. The molecular formula is C12H9ClN2O2S. The summed E-state index contributed by atoms with van der Waals surface area (Å²) >= 11 is 10.8. The fraction of sp³-hybridized carbons (Fsp3) is 0. The minimum absolute atomic E-state index is 0.241. The van der Waals surface area contributed by atoms with Crippen LogP contribution in [0.5, 0.6) is 0 Å². The summed E-state index contributed by atoms with van der Waals surface area (Å²) in [5, 5.41) is 3.07. The zero-order valence-electron chi connectivity index (χ0n) is 9.14. The molecule has 1 aromatic heterocycles. The first-order valence-corrected chi connectivity index (χ1v) is 5.79. The highest BCUT2D eigenvalue weighted by molar-refractivity contribution is 7.80. The number of nitrogens with two attached hydrogens (primary N) is 1. The van der Waals surface area contributed by atoms with E-state index in [9.17, 15) is 4.79 Å². The Morgan fingerprint density at radius 1 is 1.33 bits per heavy atom. The second-order valence-electron chi connectivity index (χ2n) is 3.53. The minimum Gasteiger partial charge on any atom is -0.472 e. The van der Waals surface area contributed by atoms with Crippen molar-refractivity contribution in [2.75, 3.05) is 5.32 Å². The Kier molecular flexibility index (Phi) is 3.64. The van der Waals surface area contributed by atoms with Gasteiger partial charge in [0.2, 0.25) is 0 Å². The SMILES string of the molecule is NC(=S)c1ccc(Cl)c(NC(=O)c2ccoc2)c1. The molecule has 0 radical (unpaired) electrons. The van der Waals surface area contributed by atoms with Crippen LogP contribution in [0.4, 0.5) is 5.69 Å². The highest BCUT2D eigenvalue weighted by atomic mass is 35.5. The number of benzene rings is 1. The fourth-order valence-corrected chi connectivity index (χ4v) is 1.65. The molecule has 0 saturated carbocycles. The van der Waals surface area contributed by atoms with Crippen LogP contribution in [-0.2, 0) is 0 Å². The summed E-state index contributed by atoms with van der Waals surface area (Å²) in [4.78, 5) is 12.1. The molecule has 2 aromatic rings. The molecule has 0 aliphatic carbocycles. The van der Waals surface area contributed by atoms with Crippen LogP contribution in [0.3, 0.4) is 0 Å². The second-order valence-corrected chi connectivity index (χ2v) is 4.37. The molecular weight excluding hydrogens is 272 g/mol. The maximum absolute atomic E-state index is 11.8. The molecule has 0 aliphatic heterocycles. The van der Waals surface area contributed by atoms with Gasteiger partial charge in [-0.05, 0) is 18.2 Å². The maximum Gasteiger partial charge on any atom is 0.258 e. The minimum atomic E-state index is -0.314. The Morgan fingerprint density at radius 2 is 2.11 bits per heavy atom. The summed E-state index contributed by atoms with van der Waals surface area (Å²) in [5.41, 5.74) is 7.02. The number of nitrogens with one attached hydrogen (secondary N) is 1. The molecule has 92 valence electrons. The van der Waals surface area contributed by atoms with Crippen molar-refractivity contribution in [3.8, 4) is 0 Å². The molecule has 6 heteroatoms. The summed E-state index contributed by atoms with van der Waals surface area (Å²) in [7, 11) is 0. The standard InChI is InChI=1S/C12H9ClN2O2S/c13-9-2-1-7(11(14)18)5-10(9)15-12(16)8-3-4-17-6-8/h1-6H,(H2,14,18)(H,15,16). The average Bonchev–Trinajstić information content (AvgIpc) is 2.85. The molecule has 0 saturated heterocycles. The number of carbonyl (C=O) groups excluding carboxylic acids is 1. The lowest BCUT2D eigenvalue weighted by Crippen LogP contribution is -2.13. The molecule has 0 atom stereocenters. The van der Waals surface area contributed by atoms with Crippen molar-refractivity contribution in [2.45, 2.75) is 0 Å². The summed E-state index contributed by atoms with van der Waals surface area (Å²) in [5.74, 6) is -0.314. The van der Waals surface area contributed by atoms with Gasteiger partial charge in [-0.3, -0.25) is 4.79 Å². The molecule has 3 N–H and O–H groups in total. The lowest BCUT2D eigenvalue weighted by atomic mass is 10.2. The molecule has 1 aromatic carbocycles. The first-order valence-electron chi connectivity index (χ1n) is 5.01. The van der Waals surface area contributed by atoms with Gasteiger partial charge in [-0.25, -0.2) is 0 Å². The topological polar surface area (TPSA) is 68.3 Å². The van der Waals surface area contributed by atoms with Gasteiger partial charge < -0.3 is 15.5 Å². The maximum atomic E-state index is 11.8. The highest BCUT2D eigenvalue weighted by Gasteiger charge is 2.10. The van der Waals surface area contributed by atoms with E-state index in [-0.39, 0.29) is 10.9 Å². The number of carbonyl (C=O) groups is 1. The summed E-state index contributed by atoms with van der Waals surface area (Å²) < 4.78 is 4.83. The van der Waals surface area contributed by atoms with E-state index in [1.54, 1.807) is 24.3 Å². The summed E-state index contributed by atoms with van der Waals surface area (Å²) in [6.45, 7) is 0. The Balaban J connectivity index is 2.26. The zero-order valence-corrected chi connectivity index (χ0v) is 10.7. The van der Waals surface area contributed by atoms with Crippen LogP contribution in [-0.4, -0.2) is 10.9 Å². The number of hydrogen-bond donors (Lipinski definition) is 2. The van der Waals surface area contributed by atoms with Crippen LogP contribution in [0, 0.1) is 0 Å².